The first-order chi connectivity index (χ1) is 10.1. The van der Waals surface area contributed by atoms with Crippen LogP contribution in [-0.4, -0.2) is 28.1 Å². The number of aliphatic hydroxyl groups excluding tert-OH is 1. The maximum atomic E-state index is 10.5. The molecule has 0 fully saturated rings. The summed E-state index contributed by atoms with van der Waals surface area (Å²) in [5, 5.41) is 10.5. The first kappa shape index (κ1) is 15.7. The Morgan fingerprint density at radius 2 is 1.86 bits per heavy atom. The van der Waals surface area contributed by atoms with Gasteiger partial charge in [-0.1, -0.05) is 30.7 Å². The van der Waals surface area contributed by atoms with Crippen molar-refractivity contribution in [3.05, 3.63) is 65.0 Å². The van der Waals surface area contributed by atoms with Crippen LogP contribution in [0.4, 0.5) is 0 Å². The van der Waals surface area contributed by atoms with Gasteiger partial charge in [0.1, 0.15) is 0 Å². The maximum Gasteiger partial charge on any atom is 0.0919 e. The van der Waals surface area contributed by atoms with Crippen LogP contribution in [0.25, 0.3) is 0 Å². The van der Waals surface area contributed by atoms with Crippen molar-refractivity contribution < 1.29 is 5.11 Å². The van der Waals surface area contributed by atoms with E-state index in [-0.39, 0.29) is 0 Å². The average Bonchev–Trinajstić information content (AvgIpc) is 2.47. The number of rotatable bonds is 6. The second-order valence-electron chi connectivity index (χ2n) is 5.56. The number of likely N-dealkylation sites (N-methyl/N-ethyl adjacent to an activating group) is 1. The van der Waals surface area contributed by atoms with Crippen molar-refractivity contribution in [2.24, 2.45) is 0 Å². The minimum Gasteiger partial charge on any atom is -0.387 e. The van der Waals surface area contributed by atoms with Gasteiger partial charge in [-0.15, -0.1) is 0 Å². The molecule has 0 aliphatic heterocycles. The number of benzene rings is 1. The van der Waals surface area contributed by atoms with Crippen LogP contribution in [0.15, 0.2) is 42.7 Å². The number of hydrogen-bond donors (Lipinski definition) is 1. The van der Waals surface area contributed by atoms with Crippen LogP contribution in [0, 0.1) is 13.8 Å². The topological polar surface area (TPSA) is 36.4 Å². The molecule has 0 bridgehead atoms. The lowest BCUT2D eigenvalue weighted by Crippen LogP contribution is -2.28. The van der Waals surface area contributed by atoms with Crippen LogP contribution in [0.5, 0.6) is 0 Å². The molecule has 0 saturated heterocycles. The molecule has 1 heterocycles. The zero-order valence-corrected chi connectivity index (χ0v) is 13.1. The fourth-order valence-electron chi connectivity index (χ4n) is 2.59. The molecule has 0 amide bonds. The van der Waals surface area contributed by atoms with Gasteiger partial charge >= 0.3 is 0 Å². The number of pyridine rings is 1. The highest BCUT2D eigenvalue weighted by Crippen LogP contribution is 2.20. The SMILES string of the molecule is CCN(Cc1ccncc1)CC(O)c1ccc(C)cc1C. The Morgan fingerprint density at radius 3 is 2.48 bits per heavy atom. The molecular formula is C18H24N2O. The van der Waals surface area contributed by atoms with Crippen LogP contribution in [0.3, 0.4) is 0 Å². The van der Waals surface area contributed by atoms with Crippen molar-refractivity contribution in [1.82, 2.24) is 9.88 Å². The van der Waals surface area contributed by atoms with Gasteiger partial charge in [-0.05, 0) is 49.2 Å². The van der Waals surface area contributed by atoms with Gasteiger partial charge in [-0.25, -0.2) is 0 Å². The number of aromatic nitrogens is 1. The van der Waals surface area contributed by atoms with Crippen molar-refractivity contribution in [1.29, 1.82) is 0 Å². The third kappa shape index (κ3) is 4.38. The van der Waals surface area contributed by atoms with E-state index in [2.05, 4.69) is 42.8 Å². The zero-order valence-electron chi connectivity index (χ0n) is 13.1. The number of aryl methyl sites for hydroxylation is 2. The third-order valence-corrected chi connectivity index (χ3v) is 3.82. The summed E-state index contributed by atoms with van der Waals surface area (Å²) in [6.45, 7) is 8.64. The van der Waals surface area contributed by atoms with Crippen molar-refractivity contribution >= 4 is 0 Å². The summed E-state index contributed by atoms with van der Waals surface area (Å²) in [5.41, 5.74) is 4.63. The van der Waals surface area contributed by atoms with Crippen LogP contribution < -0.4 is 0 Å². The normalized spacial score (nSPS) is 12.6. The minimum absolute atomic E-state index is 0.451. The van der Waals surface area contributed by atoms with E-state index in [9.17, 15) is 5.11 Å². The van der Waals surface area contributed by atoms with E-state index >= 15 is 0 Å². The van der Waals surface area contributed by atoms with E-state index in [1.165, 1.54) is 11.1 Å². The van der Waals surface area contributed by atoms with Gasteiger partial charge in [0.2, 0.25) is 0 Å². The van der Waals surface area contributed by atoms with E-state index in [1.54, 1.807) is 0 Å². The fraction of sp³-hybridized carbons (Fsp3) is 0.389. The number of hydrogen-bond acceptors (Lipinski definition) is 3. The van der Waals surface area contributed by atoms with Crippen molar-refractivity contribution in [2.45, 2.75) is 33.4 Å². The Hall–Kier alpha value is -1.71. The van der Waals surface area contributed by atoms with Crippen molar-refractivity contribution in [2.75, 3.05) is 13.1 Å². The standard InChI is InChI=1S/C18H24N2O/c1-4-20(12-16-7-9-19-10-8-16)13-18(21)17-6-5-14(2)11-15(17)3/h5-11,18,21H,4,12-13H2,1-3H3. The summed E-state index contributed by atoms with van der Waals surface area (Å²) < 4.78 is 0. The largest absolute Gasteiger partial charge is 0.387 e. The summed E-state index contributed by atoms with van der Waals surface area (Å²) in [4.78, 5) is 6.29. The molecule has 1 aromatic heterocycles. The van der Waals surface area contributed by atoms with Gasteiger partial charge in [-0.3, -0.25) is 9.88 Å². The molecule has 1 atom stereocenters. The predicted octanol–water partition coefficient (Wildman–Crippen LogP) is 3.25. The van der Waals surface area contributed by atoms with Gasteiger partial charge in [0.05, 0.1) is 6.10 Å². The van der Waals surface area contributed by atoms with Gasteiger partial charge in [0, 0.05) is 25.5 Å². The Morgan fingerprint density at radius 1 is 1.14 bits per heavy atom. The smallest absolute Gasteiger partial charge is 0.0919 e. The molecule has 21 heavy (non-hydrogen) atoms. The van der Waals surface area contributed by atoms with E-state index in [0.717, 1.165) is 24.2 Å². The predicted molar refractivity (Wildman–Crippen MR) is 86.1 cm³/mol. The molecule has 3 heteroatoms. The molecule has 1 unspecified atom stereocenters. The maximum absolute atomic E-state index is 10.5. The monoisotopic (exact) mass is 284 g/mol. The lowest BCUT2D eigenvalue weighted by molar-refractivity contribution is 0.112. The molecule has 112 valence electrons. The average molecular weight is 284 g/mol. The van der Waals surface area contributed by atoms with Crippen LogP contribution >= 0.6 is 0 Å². The van der Waals surface area contributed by atoms with E-state index in [4.69, 9.17) is 0 Å². The summed E-state index contributed by atoms with van der Waals surface area (Å²) in [6.07, 6.45) is 3.17. The second-order valence-corrected chi connectivity index (χ2v) is 5.56. The van der Waals surface area contributed by atoms with Crippen molar-refractivity contribution in [3.8, 4) is 0 Å². The van der Waals surface area contributed by atoms with Crippen LogP contribution in [-0.2, 0) is 6.54 Å². The van der Waals surface area contributed by atoms with Crippen LogP contribution in [0.2, 0.25) is 0 Å². The molecule has 1 aromatic carbocycles. The molecule has 0 radical (unpaired) electrons. The molecule has 0 spiro atoms. The first-order valence-corrected chi connectivity index (χ1v) is 7.46. The summed E-state index contributed by atoms with van der Waals surface area (Å²) >= 11 is 0. The minimum atomic E-state index is -0.451. The van der Waals surface area contributed by atoms with Crippen molar-refractivity contribution in [3.63, 3.8) is 0 Å². The summed E-state index contributed by atoms with van der Waals surface area (Å²) in [6, 6.07) is 10.3. The highest BCUT2D eigenvalue weighted by atomic mass is 16.3. The molecule has 2 rings (SSSR count). The lowest BCUT2D eigenvalue weighted by Gasteiger charge is -2.24. The molecule has 3 nitrogen and oxygen atoms in total. The zero-order chi connectivity index (χ0) is 15.2. The number of aliphatic hydroxyl groups is 1. The van der Waals surface area contributed by atoms with E-state index in [1.807, 2.05) is 30.6 Å². The van der Waals surface area contributed by atoms with E-state index in [0.29, 0.717) is 6.54 Å². The molecule has 0 saturated carbocycles. The quantitative estimate of drug-likeness (QED) is 0.884. The molecular weight excluding hydrogens is 260 g/mol. The molecule has 2 aromatic rings. The van der Waals surface area contributed by atoms with Gasteiger partial charge in [0.15, 0.2) is 0 Å². The number of nitrogens with zero attached hydrogens (tertiary/aromatic N) is 2. The fourth-order valence-corrected chi connectivity index (χ4v) is 2.59. The van der Waals surface area contributed by atoms with Gasteiger partial charge in [-0.2, -0.15) is 0 Å². The van der Waals surface area contributed by atoms with Gasteiger partial charge < -0.3 is 5.11 Å². The highest BCUT2D eigenvalue weighted by molar-refractivity contribution is 5.32. The van der Waals surface area contributed by atoms with Crippen LogP contribution in [0.1, 0.15) is 35.3 Å². The highest BCUT2D eigenvalue weighted by Gasteiger charge is 2.14. The Kier molecular flexibility index (Phi) is 5.48. The lowest BCUT2D eigenvalue weighted by atomic mass is 10.0. The second kappa shape index (κ2) is 7.34. The van der Waals surface area contributed by atoms with E-state index < -0.39 is 6.10 Å². The molecule has 0 aliphatic carbocycles. The molecule has 0 aliphatic rings. The van der Waals surface area contributed by atoms with Gasteiger partial charge in [0.25, 0.3) is 0 Å². The Bertz CT molecular complexity index is 569. The summed E-state index contributed by atoms with van der Waals surface area (Å²) in [7, 11) is 0. The Balaban J connectivity index is 2.04. The molecule has 1 N–H and O–H groups in total. The Labute approximate surface area is 127 Å². The third-order valence-electron chi connectivity index (χ3n) is 3.82. The summed E-state index contributed by atoms with van der Waals surface area (Å²) in [5.74, 6) is 0. The first-order valence-electron chi connectivity index (χ1n) is 7.46.